The lowest BCUT2D eigenvalue weighted by atomic mass is 10.2. The van der Waals surface area contributed by atoms with Crippen molar-refractivity contribution in [3.05, 3.63) is 44.6 Å². The van der Waals surface area contributed by atoms with E-state index in [-0.39, 0.29) is 17.3 Å². The number of nitrogen functional groups attached to an aromatic ring is 1. The van der Waals surface area contributed by atoms with Crippen LogP contribution in [-0.2, 0) is 6.54 Å². The van der Waals surface area contributed by atoms with Crippen LogP contribution in [0.15, 0.2) is 28.5 Å². The summed E-state index contributed by atoms with van der Waals surface area (Å²) < 4.78 is 0. The van der Waals surface area contributed by atoms with Crippen molar-refractivity contribution in [1.82, 2.24) is 15.3 Å². The van der Waals surface area contributed by atoms with Crippen molar-refractivity contribution < 1.29 is 4.79 Å². The molecule has 18 heavy (non-hydrogen) atoms. The van der Waals surface area contributed by atoms with Gasteiger partial charge in [0.25, 0.3) is 5.91 Å². The van der Waals surface area contributed by atoms with Gasteiger partial charge < -0.3 is 15.7 Å². The highest BCUT2D eigenvalue weighted by molar-refractivity contribution is 7.07. The third-order valence-electron chi connectivity index (χ3n) is 2.18. The van der Waals surface area contributed by atoms with Crippen LogP contribution in [0, 0.1) is 0 Å². The smallest absolute Gasteiger partial charge is 0.304 e. The second-order valence-corrected chi connectivity index (χ2v) is 4.27. The van der Waals surface area contributed by atoms with E-state index >= 15 is 0 Å². The lowest BCUT2D eigenvalue weighted by molar-refractivity contribution is 0.0950. The SMILES string of the molecule is NNc1cc(C(=O)NCc2csc(=O)[nH]2)ccn1. The molecule has 0 fully saturated rings. The van der Waals surface area contributed by atoms with Crippen LogP contribution in [0.3, 0.4) is 0 Å². The Balaban J connectivity index is 2.01. The molecule has 0 bridgehead atoms. The van der Waals surface area contributed by atoms with Gasteiger partial charge in [0.2, 0.25) is 0 Å². The number of carbonyl (C=O) groups is 1. The van der Waals surface area contributed by atoms with Crippen LogP contribution in [0.25, 0.3) is 0 Å². The second kappa shape index (κ2) is 5.43. The number of aromatic nitrogens is 2. The molecule has 2 heterocycles. The first-order chi connectivity index (χ1) is 8.69. The molecule has 0 atom stereocenters. The second-order valence-electron chi connectivity index (χ2n) is 3.43. The average molecular weight is 265 g/mol. The van der Waals surface area contributed by atoms with Gasteiger partial charge in [0.05, 0.1) is 6.54 Å². The van der Waals surface area contributed by atoms with Gasteiger partial charge in [-0.1, -0.05) is 11.3 Å². The van der Waals surface area contributed by atoms with Gasteiger partial charge in [-0.05, 0) is 12.1 Å². The minimum atomic E-state index is -0.263. The van der Waals surface area contributed by atoms with Crippen molar-refractivity contribution in [1.29, 1.82) is 0 Å². The first kappa shape index (κ1) is 12.3. The van der Waals surface area contributed by atoms with Crippen LogP contribution < -0.4 is 21.5 Å². The molecular formula is C10H11N5O2S. The lowest BCUT2D eigenvalue weighted by Gasteiger charge is -2.05. The van der Waals surface area contributed by atoms with Crippen LogP contribution in [0.2, 0.25) is 0 Å². The minimum absolute atomic E-state index is 0.141. The Hall–Kier alpha value is -2.19. The number of H-pyrrole nitrogens is 1. The van der Waals surface area contributed by atoms with Gasteiger partial charge in [0.15, 0.2) is 0 Å². The zero-order valence-corrected chi connectivity index (χ0v) is 10.1. The first-order valence-corrected chi connectivity index (χ1v) is 5.94. The van der Waals surface area contributed by atoms with E-state index in [1.165, 1.54) is 12.3 Å². The molecule has 0 saturated heterocycles. The molecule has 0 aliphatic heterocycles. The predicted molar refractivity (Wildman–Crippen MR) is 68.2 cm³/mol. The van der Waals surface area contributed by atoms with E-state index in [1.54, 1.807) is 11.4 Å². The van der Waals surface area contributed by atoms with Gasteiger partial charge in [-0.3, -0.25) is 9.59 Å². The van der Waals surface area contributed by atoms with Gasteiger partial charge in [-0.25, -0.2) is 10.8 Å². The molecule has 2 aromatic heterocycles. The quantitative estimate of drug-likeness (QED) is 0.461. The maximum atomic E-state index is 11.8. The van der Waals surface area contributed by atoms with Crippen LogP contribution in [0.4, 0.5) is 5.82 Å². The molecular weight excluding hydrogens is 254 g/mol. The summed E-state index contributed by atoms with van der Waals surface area (Å²) in [5, 5.41) is 4.35. The summed E-state index contributed by atoms with van der Waals surface area (Å²) in [5.41, 5.74) is 3.47. The van der Waals surface area contributed by atoms with E-state index < -0.39 is 0 Å². The molecule has 0 aromatic carbocycles. The standard InChI is InChI=1S/C10H11N5O2S/c11-15-8-3-6(1-2-12-8)9(16)13-4-7-5-18-10(17)14-7/h1-3,5H,4,11H2,(H,12,15)(H,13,16)(H,14,17). The number of aromatic amines is 1. The predicted octanol–water partition coefficient (Wildman–Crippen LogP) is 0.0470. The largest absolute Gasteiger partial charge is 0.346 e. The molecule has 0 aliphatic carbocycles. The normalized spacial score (nSPS) is 10.1. The number of hydrazine groups is 1. The van der Waals surface area contributed by atoms with E-state index in [9.17, 15) is 9.59 Å². The van der Waals surface area contributed by atoms with Crippen molar-refractivity contribution in [2.45, 2.75) is 6.54 Å². The number of amides is 1. The first-order valence-electron chi connectivity index (χ1n) is 5.06. The maximum Gasteiger partial charge on any atom is 0.304 e. The zero-order valence-electron chi connectivity index (χ0n) is 9.27. The number of pyridine rings is 1. The van der Waals surface area contributed by atoms with Crippen molar-refractivity contribution in [3.8, 4) is 0 Å². The third-order valence-corrected chi connectivity index (χ3v) is 2.90. The van der Waals surface area contributed by atoms with Crippen molar-refractivity contribution >= 4 is 23.1 Å². The number of hydrogen-bond donors (Lipinski definition) is 4. The fourth-order valence-corrected chi connectivity index (χ4v) is 1.91. The Morgan fingerprint density at radius 3 is 3.06 bits per heavy atom. The number of carbonyl (C=O) groups excluding carboxylic acids is 1. The summed E-state index contributed by atoms with van der Waals surface area (Å²) in [6, 6.07) is 3.11. The van der Waals surface area contributed by atoms with Gasteiger partial charge >= 0.3 is 4.87 Å². The van der Waals surface area contributed by atoms with E-state index in [1.807, 2.05) is 0 Å². The summed E-state index contributed by atoms with van der Waals surface area (Å²) in [6.45, 7) is 0.269. The maximum absolute atomic E-state index is 11.8. The fraction of sp³-hybridized carbons (Fsp3) is 0.100. The third kappa shape index (κ3) is 2.93. The van der Waals surface area contributed by atoms with Crippen LogP contribution in [0.1, 0.15) is 16.1 Å². The number of rotatable bonds is 4. The van der Waals surface area contributed by atoms with E-state index in [0.717, 1.165) is 11.3 Å². The molecule has 0 radical (unpaired) electrons. The molecule has 7 nitrogen and oxygen atoms in total. The zero-order chi connectivity index (χ0) is 13.0. The Labute approximate surface area is 106 Å². The Bertz CT molecular complexity index is 606. The molecule has 5 N–H and O–H groups in total. The minimum Gasteiger partial charge on any atom is -0.346 e. The Kier molecular flexibility index (Phi) is 3.70. The number of hydrogen-bond acceptors (Lipinski definition) is 6. The van der Waals surface area contributed by atoms with Gasteiger partial charge in [-0.15, -0.1) is 0 Å². The molecule has 94 valence electrons. The van der Waals surface area contributed by atoms with Crippen LogP contribution in [-0.4, -0.2) is 15.9 Å². The summed E-state index contributed by atoms with van der Waals surface area (Å²) in [5.74, 6) is 5.35. The fourth-order valence-electron chi connectivity index (χ4n) is 1.33. The van der Waals surface area contributed by atoms with Crippen LogP contribution >= 0.6 is 11.3 Å². The summed E-state index contributed by atoms with van der Waals surface area (Å²) in [7, 11) is 0. The van der Waals surface area contributed by atoms with Crippen LogP contribution in [0.5, 0.6) is 0 Å². The summed E-state index contributed by atoms with van der Waals surface area (Å²) in [4.78, 5) is 29.1. The number of anilines is 1. The van der Waals surface area contributed by atoms with Crippen molar-refractivity contribution in [2.24, 2.45) is 5.84 Å². The molecule has 8 heteroatoms. The monoisotopic (exact) mass is 265 g/mol. The van der Waals surface area contributed by atoms with Gasteiger partial charge in [-0.2, -0.15) is 0 Å². The molecule has 0 aliphatic rings. The summed E-state index contributed by atoms with van der Waals surface area (Å²) >= 11 is 1.06. The number of nitrogens with two attached hydrogens (primary N) is 1. The highest BCUT2D eigenvalue weighted by Gasteiger charge is 2.06. The molecule has 1 amide bonds. The van der Waals surface area contributed by atoms with Gasteiger partial charge in [0.1, 0.15) is 5.82 Å². The number of nitrogens with zero attached hydrogens (tertiary/aromatic N) is 1. The van der Waals surface area contributed by atoms with E-state index in [2.05, 4.69) is 20.7 Å². The highest BCUT2D eigenvalue weighted by atomic mass is 32.1. The number of nitrogens with one attached hydrogen (secondary N) is 3. The molecule has 2 rings (SSSR count). The molecule has 0 saturated carbocycles. The average Bonchev–Trinajstić information content (AvgIpc) is 2.82. The van der Waals surface area contributed by atoms with E-state index in [4.69, 9.17) is 5.84 Å². The van der Waals surface area contributed by atoms with Crippen molar-refractivity contribution in [2.75, 3.05) is 5.43 Å². The Morgan fingerprint density at radius 2 is 2.39 bits per heavy atom. The number of thiazole rings is 1. The molecule has 2 aromatic rings. The highest BCUT2D eigenvalue weighted by Crippen LogP contribution is 2.05. The lowest BCUT2D eigenvalue weighted by Crippen LogP contribution is -2.23. The van der Waals surface area contributed by atoms with E-state index in [0.29, 0.717) is 17.1 Å². The van der Waals surface area contributed by atoms with Gasteiger partial charge in [0, 0.05) is 22.8 Å². The Morgan fingerprint density at radius 1 is 1.56 bits per heavy atom. The molecule has 0 spiro atoms. The topological polar surface area (TPSA) is 113 Å². The van der Waals surface area contributed by atoms with Crippen molar-refractivity contribution in [3.63, 3.8) is 0 Å². The molecule has 0 unspecified atom stereocenters. The summed E-state index contributed by atoms with van der Waals surface area (Å²) in [6.07, 6.45) is 1.48.